The van der Waals surface area contributed by atoms with Gasteiger partial charge in [-0.1, -0.05) is 96.3 Å². The average Bonchev–Trinajstić information content (AvgIpc) is 2.91. The van der Waals surface area contributed by atoms with Gasteiger partial charge < -0.3 is 20.9 Å². The number of carbonyl (C=O) groups is 3. The number of amides is 1. The quantitative estimate of drug-likeness (QED) is 0.0558. The van der Waals surface area contributed by atoms with Crippen molar-refractivity contribution in [3.8, 4) is 0 Å². The molecule has 0 aromatic heterocycles. The van der Waals surface area contributed by atoms with E-state index in [2.05, 4.69) is 37.4 Å². The van der Waals surface area contributed by atoms with Gasteiger partial charge >= 0.3 is 11.9 Å². The molecule has 2 atom stereocenters. The highest BCUT2D eigenvalue weighted by Crippen LogP contribution is 2.14. The number of ether oxygens (including phenoxy) is 1. The Morgan fingerprint density at radius 1 is 0.769 bits per heavy atom. The van der Waals surface area contributed by atoms with Crippen LogP contribution in [-0.2, 0) is 19.1 Å². The first kappa shape index (κ1) is 36.8. The Hall–Kier alpha value is -2.15. The van der Waals surface area contributed by atoms with Crippen LogP contribution in [0, 0.1) is 0 Å². The summed E-state index contributed by atoms with van der Waals surface area (Å²) in [5.74, 6) is -1.36. The number of hydrogen-bond acceptors (Lipinski definition) is 5. The molecule has 7 nitrogen and oxygen atoms in total. The number of carboxylic acid groups (broad SMARTS) is 1. The maximum atomic E-state index is 12.5. The molecule has 0 aliphatic heterocycles. The highest BCUT2D eigenvalue weighted by Gasteiger charge is 2.18. The highest BCUT2D eigenvalue weighted by atomic mass is 16.5. The summed E-state index contributed by atoms with van der Waals surface area (Å²) < 4.78 is 5.80. The van der Waals surface area contributed by atoms with E-state index in [1.54, 1.807) is 0 Å². The summed E-state index contributed by atoms with van der Waals surface area (Å²) >= 11 is 0. The third-order valence-electron chi connectivity index (χ3n) is 6.73. The number of carbonyl (C=O) groups excluding carboxylic acids is 2. The second-order valence-corrected chi connectivity index (χ2v) is 10.5. The number of rotatable bonds is 27. The van der Waals surface area contributed by atoms with Crippen LogP contribution in [0.15, 0.2) is 24.3 Å². The Kier molecular flexibility index (Phi) is 25.9. The van der Waals surface area contributed by atoms with Crippen LogP contribution in [0.5, 0.6) is 0 Å². The lowest BCUT2D eigenvalue weighted by Crippen LogP contribution is -2.40. The summed E-state index contributed by atoms with van der Waals surface area (Å²) in [4.78, 5) is 35.8. The average molecular weight is 551 g/mol. The molecule has 1 amide bonds. The van der Waals surface area contributed by atoms with Crippen molar-refractivity contribution >= 4 is 17.8 Å². The molecule has 39 heavy (non-hydrogen) atoms. The lowest BCUT2D eigenvalue weighted by atomic mass is 10.1. The molecular formula is C32H58N2O5. The van der Waals surface area contributed by atoms with Crippen LogP contribution in [0.4, 0.5) is 0 Å². The molecule has 0 aromatic rings. The fourth-order valence-corrected chi connectivity index (χ4v) is 4.35. The van der Waals surface area contributed by atoms with Crippen molar-refractivity contribution < 1.29 is 24.2 Å². The molecule has 7 heteroatoms. The first-order chi connectivity index (χ1) is 18.9. The van der Waals surface area contributed by atoms with Crippen molar-refractivity contribution in [3.05, 3.63) is 24.3 Å². The molecule has 0 saturated carbocycles. The summed E-state index contributed by atoms with van der Waals surface area (Å²) in [7, 11) is 0. The van der Waals surface area contributed by atoms with Gasteiger partial charge in [0.1, 0.15) is 12.1 Å². The summed E-state index contributed by atoms with van der Waals surface area (Å²) in [6.07, 6.45) is 26.7. The van der Waals surface area contributed by atoms with Gasteiger partial charge in [0.15, 0.2) is 0 Å². The minimum absolute atomic E-state index is 0.114. The molecule has 0 rings (SSSR count). The third kappa shape index (κ3) is 24.6. The molecule has 0 aliphatic rings. The minimum atomic E-state index is -1.02. The second kappa shape index (κ2) is 27.4. The van der Waals surface area contributed by atoms with Crippen LogP contribution in [0.1, 0.15) is 142 Å². The van der Waals surface area contributed by atoms with E-state index in [0.29, 0.717) is 38.6 Å². The Morgan fingerprint density at radius 3 is 2.05 bits per heavy atom. The first-order valence-electron chi connectivity index (χ1n) is 15.7. The van der Waals surface area contributed by atoms with Crippen LogP contribution < -0.4 is 11.1 Å². The van der Waals surface area contributed by atoms with E-state index in [0.717, 1.165) is 57.8 Å². The topological polar surface area (TPSA) is 119 Å². The molecule has 0 saturated heterocycles. The lowest BCUT2D eigenvalue weighted by Gasteiger charge is -2.15. The number of aliphatic carboxylic acids is 1. The zero-order valence-corrected chi connectivity index (χ0v) is 25.0. The van der Waals surface area contributed by atoms with E-state index in [1.807, 2.05) is 6.08 Å². The number of esters is 1. The maximum absolute atomic E-state index is 12.5. The van der Waals surface area contributed by atoms with Gasteiger partial charge in [0, 0.05) is 12.8 Å². The van der Waals surface area contributed by atoms with Crippen molar-refractivity contribution in [3.63, 3.8) is 0 Å². The van der Waals surface area contributed by atoms with E-state index in [-0.39, 0.29) is 18.0 Å². The van der Waals surface area contributed by atoms with Crippen molar-refractivity contribution in [1.82, 2.24) is 5.32 Å². The van der Waals surface area contributed by atoms with Gasteiger partial charge in [0.2, 0.25) is 5.91 Å². The van der Waals surface area contributed by atoms with Gasteiger partial charge in [-0.05, 0) is 64.0 Å². The smallest absolute Gasteiger partial charge is 0.326 e. The van der Waals surface area contributed by atoms with E-state index in [1.165, 1.54) is 38.5 Å². The van der Waals surface area contributed by atoms with Gasteiger partial charge in [-0.3, -0.25) is 9.59 Å². The molecule has 0 aliphatic carbocycles. The Balaban J connectivity index is 4.36. The summed E-state index contributed by atoms with van der Waals surface area (Å²) in [6, 6.07) is -0.870. The van der Waals surface area contributed by atoms with Crippen LogP contribution >= 0.6 is 0 Å². The van der Waals surface area contributed by atoms with Gasteiger partial charge in [0.25, 0.3) is 0 Å². The van der Waals surface area contributed by atoms with Crippen molar-refractivity contribution in [2.45, 2.75) is 154 Å². The van der Waals surface area contributed by atoms with Crippen molar-refractivity contribution in [2.75, 3.05) is 6.54 Å². The molecule has 0 spiro atoms. The first-order valence-corrected chi connectivity index (χ1v) is 15.7. The second-order valence-electron chi connectivity index (χ2n) is 10.5. The van der Waals surface area contributed by atoms with E-state index < -0.39 is 12.0 Å². The van der Waals surface area contributed by atoms with Gasteiger partial charge in [-0.25, -0.2) is 4.79 Å². The number of allylic oxidation sites excluding steroid dienone is 3. The monoisotopic (exact) mass is 550 g/mol. The zero-order chi connectivity index (χ0) is 29.0. The molecule has 0 aromatic carbocycles. The summed E-state index contributed by atoms with van der Waals surface area (Å²) in [5.41, 5.74) is 5.44. The van der Waals surface area contributed by atoms with E-state index in [9.17, 15) is 19.5 Å². The number of hydrogen-bond donors (Lipinski definition) is 3. The normalized spacial score (nSPS) is 13.1. The molecule has 0 heterocycles. The van der Waals surface area contributed by atoms with Crippen LogP contribution in [0.25, 0.3) is 0 Å². The van der Waals surface area contributed by atoms with Gasteiger partial charge in [-0.15, -0.1) is 0 Å². The molecule has 226 valence electrons. The Labute approximate surface area is 238 Å². The van der Waals surface area contributed by atoms with Gasteiger partial charge in [0.05, 0.1) is 0 Å². The lowest BCUT2D eigenvalue weighted by molar-refractivity contribution is -0.147. The van der Waals surface area contributed by atoms with Crippen LogP contribution in [0.3, 0.4) is 0 Å². The minimum Gasteiger partial charge on any atom is -0.480 e. The summed E-state index contributed by atoms with van der Waals surface area (Å²) in [6.45, 7) is 4.79. The van der Waals surface area contributed by atoms with Crippen molar-refractivity contribution in [1.29, 1.82) is 0 Å². The van der Waals surface area contributed by atoms with Crippen LogP contribution in [0.2, 0.25) is 0 Å². The van der Waals surface area contributed by atoms with Gasteiger partial charge in [-0.2, -0.15) is 0 Å². The molecule has 0 radical (unpaired) electrons. The fourth-order valence-electron chi connectivity index (χ4n) is 4.35. The van der Waals surface area contributed by atoms with E-state index in [4.69, 9.17) is 10.5 Å². The number of nitrogens with two attached hydrogens (primary N) is 1. The van der Waals surface area contributed by atoms with E-state index >= 15 is 0 Å². The Morgan fingerprint density at radius 2 is 1.41 bits per heavy atom. The molecule has 0 bridgehead atoms. The fraction of sp³-hybridized carbons (Fsp3) is 0.781. The predicted octanol–water partition coefficient (Wildman–Crippen LogP) is 7.38. The number of carboxylic acids is 1. The Bertz CT molecular complexity index is 677. The molecule has 4 N–H and O–H groups in total. The largest absolute Gasteiger partial charge is 0.480 e. The zero-order valence-electron chi connectivity index (χ0n) is 25.0. The molecule has 0 fully saturated rings. The van der Waals surface area contributed by atoms with Crippen molar-refractivity contribution in [2.24, 2.45) is 5.73 Å². The molecule has 2 unspecified atom stereocenters. The summed E-state index contributed by atoms with van der Waals surface area (Å²) in [5, 5.41) is 11.8. The highest BCUT2D eigenvalue weighted by molar-refractivity contribution is 5.83. The SMILES string of the molecule is CCC/C=C\C/C=C\C(CCCCCCC(=O)NC(CCCN)C(=O)O)OC(=O)CCCCCCCCCC. The number of nitrogens with one attached hydrogen (secondary N) is 1. The molecular weight excluding hydrogens is 492 g/mol. The predicted molar refractivity (Wildman–Crippen MR) is 160 cm³/mol. The van der Waals surface area contributed by atoms with Crippen LogP contribution in [-0.4, -0.2) is 41.6 Å². The number of unbranched alkanes of at least 4 members (excludes halogenated alkanes) is 11. The third-order valence-corrected chi connectivity index (χ3v) is 6.73. The maximum Gasteiger partial charge on any atom is 0.326 e. The standard InChI is InChI=1S/C32H58N2O5/c1-3-5-7-9-11-12-14-20-26-31(36)39-28(22-17-13-10-8-6-4-2)23-18-15-16-19-25-30(35)34-29(32(37)38)24-21-27-33/h8,10,17,22,28-29H,3-7,9,11-16,18-21,23-27,33H2,1-2H3,(H,34,35)(H,37,38)/b10-8-,22-17-.